The van der Waals surface area contributed by atoms with Crippen LogP contribution in [0.3, 0.4) is 0 Å². The van der Waals surface area contributed by atoms with Crippen LogP contribution >= 0.6 is 11.6 Å². The highest BCUT2D eigenvalue weighted by Gasteiger charge is 2.17. The Morgan fingerprint density at radius 1 is 1.59 bits per heavy atom. The second kappa shape index (κ2) is 6.30. The molecule has 0 aromatic carbocycles. The summed E-state index contributed by atoms with van der Waals surface area (Å²) < 4.78 is 31.3. The van der Waals surface area contributed by atoms with Gasteiger partial charge in [-0.25, -0.2) is 18.1 Å². The van der Waals surface area contributed by atoms with E-state index in [9.17, 15) is 8.42 Å². The molecule has 1 N–H and O–H groups in total. The van der Waals surface area contributed by atoms with Gasteiger partial charge in [0.25, 0.3) is 0 Å². The Bertz CT molecular complexity index is 464. The quantitative estimate of drug-likeness (QED) is 0.800. The van der Waals surface area contributed by atoms with Crippen molar-refractivity contribution in [1.82, 2.24) is 9.71 Å². The lowest BCUT2D eigenvalue weighted by atomic mass is 10.3. The smallest absolute Gasteiger partial charge is 0.240 e. The second-order valence-electron chi connectivity index (χ2n) is 3.62. The van der Waals surface area contributed by atoms with Gasteiger partial charge in [0.1, 0.15) is 5.15 Å². The second-order valence-corrected chi connectivity index (χ2v) is 5.72. The van der Waals surface area contributed by atoms with E-state index in [0.717, 1.165) is 0 Å². The van der Waals surface area contributed by atoms with Crippen LogP contribution < -0.4 is 4.72 Å². The molecule has 1 rings (SSSR count). The summed E-state index contributed by atoms with van der Waals surface area (Å²) in [4.78, 5) is 3.85. The summed E-state index contributed by atoms with van der Waals surface area (Å²) in [6, 6.07) is 2.51. The van der Waals surface area contributed by atoms with E-state index in [2.05, 4.69) is 9.71 Å². The minimum absolute atomic E-state index is 0.113. The van der Waals surface area contributed by atoms with Crippen molar-refractivity contribution in [1.29, 1.82) is 0 Å². The molecule has 0 bridgehead atoms. The van der Waals surface area contributed by atoms with Gasteiger partial charge < -0.3 is 4.74 Å². The van der Waals surface area contributed by atoms with Gasteiger partial charge in [-0.3, -0.25) is 0 Å². The van der Waals surface area contributed by atoms with Crippen LogP contribution in [-0.2, 0) is 14.8 Å². The maximum Gasteiger partial charge on any atom is 0.240 e. The molecule has 1 atom stereocenters. The summed E-state index contributed by atoms with van der Waals surface area (Å²) in [5.74, 6) is 0. The van der Waals surface area contributed by atoms with Crippen LogP contribution in [0.2, 0.25) is 5.15 Å². The normalized spacial score (nSPS) is 13.6. The number of nitrogens with zero attached hydrogens (tertiary/aromatic N) is 1. The summed E-state index contributed by atoms with van der Waals surface area (Å²) in [5, 5.41) is 0.150. The number of hydrogen-bond acceptors (Lipinski definition) is 4. The lowest BCUT2D eigenvalue weighted by molar-refractivity contribution is 0.188. The van der Waals surface area contributed by atoms with Crippen LogP contribution in [-0.4, -0.2) is 33.2 Å². The molecule has 96 valence electrons. The van der Waals surface area contributed by atoms with E-state index < -0.39 is 10.0 Å². The molecule has 0 saturated carbocycles. The van der Waals surface area contributed by atoms with Crippen molar-refractivity contribution in [2.45, 2.75) is 24.3 Å². The van der Waals surface area contributed by atoms with Crippen LogP contribution in [0.5, 0.6) is 0 Å². The third-order valence-electron chi connectivity index (χ3n) is 2.12. The molecule has 0 fully saturated rings. The van der Waals surface area contributed by atoms with Crippen molar-refractivity contribution in [3.05, 3.63) is 23.5 Å². The zero-order valence-corrected chi connectivity index (χ0v) is 11.3. The van der Waals surface area contributed by atoms with E-state index in [1.54, 1.807) is 14.0 Å². The van der Waals surface area contributed by atoms with Crippen molar-refractivity contribution >= 4 is 21.6 Å². The number of aromatic nitrogens is 1. The van der Waals surface area contributed by atoms with E-state index >= 15 is 0 Å². The van der Waals surface area contributed by atoms with Crippen molar-refractivity contribution in [3.8, 4) is 0 Å². The maximum absolute atomic E-state index is 11.9. The fourth-order valence-electron chi connectivity index (χ4n) is 1.24. The Labute approximate surface area is 106 Å². The number of methoxy groups -OCH3 is 1. The minimum Gasteiger partial charge on any atom is -0.385 e. The highest BCUT2D eigenvalue weighted by molar-refractivity contribution is 7.89. The summed E-state index contributed by atoms with van der Waals surface area (Å²) >= 11 is 5.65. The van der Waals surface area contributed by atoms with Gasteiger partial charge in [-0.1, -0.05) is 11.6 Å². The summed E-state index contributed by atoms with van der Waals surface area (Å²) in [5.41, 5.74) is 0. The third-order valence-corrected chi connectivity index (χ3v) is 3.91. The van der Waals surface area contributed by atoms with E-state index in [0.29, 0.717) is 13.0 Å². The molecule has 0 saturated heterocycles. The van der Waals surface area contributed by atoms with Gasteiger partial charge >= 0.3 is 0 Å². The van der Waals surface area contributed by atoms with Crippen LogP contribution in [0.1, 0.15) is 13.3 Å². The SMILES string of the molecule is COCCC(C)NS(=O)(=O)c1ccnc(Cl)c1. The van der Waals surface area contributed by atoms with Crippen molar-refractivity contribution in [3.63, 3.8) is 0 Å². The first-order valence-corrected chi connectivity index (χ1v) is 6.94. The van der Waals surface area contributed by atoms with Gasteiger partial charge in [0, 0.05) is 26.0 Å². The van der Waals surface area contributed by atoms with Crippen molar-refractivity contribution in [2.75, 3.05) is 13.7 Å². The number of halogens is 1. The first-order valence-electron chi connectivity index (χ1n) is 5.08. The Hall–Kier alpha value is -0.690. The monoisotopic (exact) mass is 278 g/mol. The number of pyridine rings is 1. The molecule has 1 aromatic rings. The summed E-state index contributed by atoms with van der Waals surface area (Å²) in [7, 11) is -1.97. The summed E-state index contributed by atoms with van der Waals surface area (Å²) in [6.07, 6.45) is 1.96. The number of hydrogen-bond donors (Lipinski definition) is 1. The molecule has 17 heavy (non-hydrogen) atoms. The Kier molecular flexibility index (Phi) is 5.32. The number of ether oxygens (including phenoxy) is 1. The topological polar surface area (TPSA) is 68.3 Å². The molecule has 0 aliphatic rings. The third kappa shape index (κ3) is 4.59. The Morgan fingerprint density at radius 2 is 2.29 bits per heavy atom. The average molecular weight is 279 g/mol. The van der Waals surface area contributed by atoms with Crippen LogP contribution in [0, 0.1) is 0 Å². The van der Waals surface area contributed by atoms with Gasteiger partial charge in [-0.15, -0.1) is 0 Å². The lowest BCUT2D eigenvalue weighted by Gasteiger charge is -2.13. The van der Waals surface area contributed by atoms with Crippen molar-refractivity contribution < 1.29 is 13.2 Å². The van der Waals surface area contributed by atoms with Gasteiger partial charge in [-0.2, -0.15) is 0 Å². The number of nitrogens with one attached hydrogen (secondary N) is 1. The molecular weight excluding hydrogens is 264 g/mol. The van der Waals surface area contributed by atoms with Crippen LogP contribution in [0.15, 0.2) is 23.2 Å². The molecule has 1 unspecified atom stereocenters. The molecule has 5 nitrogen and oxygen atoms in total. The Morgan fingerprint density at radius 3 is 2.88 bits per heavy atom. The highest BCUT2D eigenvalue weighted by atomic mass is 35.5. The highest BCUT2D eigenvalue weighted by Crippen LogP contribution is 2.13. The van der Waals surface area contributed by atoms with Crippen molar-refractivity contribution in [2.24, 2.45) is 0 Å². The first kappa shape index (κ1) is 14.4. The van der Waals surface area contributed by atoms with Crippen LogP contribution in [0.4, 0.5) is 0 Å². The Balaban J connectivity index is 2.75. The fourth-order valence-corrected chi connectivity index (χ4v) is 2.77. The molecule has 0 aliphatic heterocycles. The standard InChI is InChI=1S/C10H15ClN2O3S/c1-8(4-6-16-2)13-17(14,15)9-3-5-12-10(11)7-9/h3,5,7-8,13H,4,6H2,1-2H3. The number of sulfonamides is 1. The maximum atomic E-state index is 11.9. The average Bonchev–Trinajstić information content (AvgIpc) is 2.26. The summed E-state index contributed by atoms with van der Waals surface area (Å²) in [6.45, 7) is 2.28. The zero-order chi connectivity index (χ0) is 12.9. The zero-order valence-electron chi connectivity index (χ0n) is 9.68. The van der Waals surface area contributed by atoms with Crippen LogP contribution in [0.25, 0.3) is 0 Å². The first-order chi connectivity index (χ1) is 7.95. The predicted molar refractivity (Wildman–Crippen MR) is 65.5 cm³/mol. The van der Waals surface area contributed by atoms with Gasteiger partial charge in [-0.05, 0) is 25.5 Å². The molecule has 1 aromatic heterocycles. The number of rotatable bonds is 6. The van der Waals surface area contributed by atoms with E-state index in [1.807, 2.05) is 0 Å². The lowest BCUT2D eigenvalue weighted by Crippen LogP contribution is -2.33. The molecular formula is C10H15ClN2O3S. The van der Waals surface area contributed by atoms with E-state index in [4.69, 9.17) is 16.3 Å². The molecule has 1 heterocycles. The molecule has 7 heteroatoms. The minimum atomic E-state index is -3.54. The van der Waals surface area contributed by atoms with E-state index in [-0.39, 0.29) is 16.1 Å². The molecule has 0 amide bonds. The van der Waals surface area contributed by atoms with Gasteiger partial charge in [0.15, 0.2) is 0 Å². The molecule has 0 aliphatic carbocycles. The van der Waals surface area contributed by atoms with E-state index in [1.165, 1.54) is 18.3 Å². The molecule has 0 radical (unpaired) electrons. The largest absolute Gasteiger partial charge is 0.385 e. The molecule has 0 spiro atoms. The van der Waals surface area contributed by atoms with Gasteiger partial charge in [0.2, 0.25) is 10.0 Å². The fraction of sp³-hybridized carbons (Fsp3) is 0.500. The predicted octanol–water partition coefficient (Wildman–Crippen LogP) is 1.44. The van der Waals surface area contributed by atoms with Gasteiger partial charge in [0.05, 0.1) is 4.90 Å².